The van der Waals surface area contributed by atoms with Gasteiger partial charge in [0.05, 0.1) is 5.75 Å². The molecule has 1 heterocycles. The van der Waals surface area contributed by atoms with E-state index < -0.39 is 0 Å². The Balaban J connectivity index is 2.09. The molecule has 0 aliphatic heterocycles. The number of nitrogens with one attached hydrogen (secondary N) is 1. The van der Waals surface area contributed by atoms with Crippen molar-refractivity contribution in [3.05, 3.63) is 56.7 Å². The van der Waals surface area contributed by atoms with Gasteiger partial charge in [-0.25, -0.2) is 4.98 Å². The maximum atomic E-state index is 11.6. The lowest BCUT2D eigenvalue weighted by Crippen LogP contribution is -2.13. The van der Waals surface area contributed by atoms with Gasteiger partial charge in [0, 0.05) is 21.1 Å². The molecule has 1 aromatic carbocycles. The van der Waals surface area contributed by atoms with Crippen LogP contribution in [-0.2, 0) is 12.2 Å². The van der Waals surface area contributed by atoms with Crippen LogP contribution in [0.25, 0.3) is 0 Å². The summed E-state index contributed by atoms with van der Waals surface area (Å²) in [6, 6.07) is 9.69. The fourth-order valence-corrected chi connectivity index (χ4v) is 3.24. The minimum atomic E-state index is -0.0690. The van der Waals surface area contributed by atoms with Gasteiger partial charge in [0.25, 0.3) is 5.56 Å². The van der Waals surface area contributed by atoms with E-state index in [1.54, 1.807) is 17.8 Å². The highest BCUT2D eigenvalue weighted by atomic mass is 79.9. The van der Waals surface area contributed by atoms with E-state index in [9.17, 15) is 4.79 Å². The first-order valence-electron chi connectivity index (χ1n) is 6.50. The zero-order chi connectivity index (χ0) is 14.5. The van der Waals surface area contributed by atoms with Gasteiger partial charge in [0.2, 0.25) is 0 Å². The molecule has 0 aliphatic rings. The van der Waals surface area contributed by atoms with Crippen LogP contribution in [0.3, 0.4) is 0 Å². The number of aromatic amines is 1. The molecule has 106 valence electrons. The lowest BCUT2D eigenvalue weighted by atomic mass is 10.1. The molecule has 0 amide bonds. The minimum absolute atomic E-state index is 0.0690. The summed E-state index contributed by atoms with van der Waals surface area (Å²) in [5.41, 5.74) is 0.800. The number of halogens is 1. The second-order valence-electron chi connectivity index (χ2n) is 5.03. The number of benzene rings is 1. The molecule has 0 atom stereocenters. The highest BCUT2D eigenvalue weighted by Gasteiger charge is 2.05. The number of hydrogen-bond acceptors (Lipinski definition) is 3. The number of rotatable bonds is 5. The number of hydrogen-bond donors (Lipinski definition) is 1. The van der Waals surface area contributed by atoms with E-state index >= 15 is 0 Å². The third kappa shape index (κ3) is 4.80. The van der Waals surface area contributed by atoms with Crippen molar-refractivity contribution in [3.8, 4) is 0 Å². The zero-order valence-electron chi connectivity index (χ0n) is 11.5. The molecule has 5 heteroatoms. The molecule has 20 heavy (non-hydrogen) atoms. The van der Waals surface area contributed by atoms with E-state index in [4.69, 9.17) is 0 Å². The van der Waals surface area contributed by atoms with Gasteiger partial charge in [0.15, 0.2) is 0 Å². The summed E-state index contributed by atoms with van der Waals surface area (Å²) < 4.78 is 1.05. The fraction of sp³-hybridized carbons (Fsp3) is 0.333. The Morgan fingerprint density at radius 1 is 1.35 bits per heavy atom. The van der Waals surface area contributed by atoms with Gasteiger partial charge in [-0.3, -0.25) is 4.79 Å². The van der Waals surface area contributed by atoms with Gasteiger partial charge in [-0.1, -0.05) is 35.8 Å². The molecule has 1 aromatic heterocycles. The predicted molar refractivity (Wildman–Crippen MR) is 87.1 cm³/mol. The quantitative estimate of drug-likeness (QED) is 0.826. The van der Waals surface area contributed by atoms with E-state index in [-0.39, 0.29) is 5.56 Å². The van der Waals surface area contributed by atoms with Crippen molar-refractivity contribution >= 4 is 27.7 Å². The SMILES string of the molecule is CC(C)Cc1cc(=O)[nH]c(CSc2cccc(Br)c2)n1. The van der Waals surface area contributed by atoms with Crippen LogP contribution < -0.4 is 5.56 Å². The molecule has 0 spiro atoms. The maximum Gasteiger partial charge on any atom is 0.251 e. The Bertz CT molecular complexity index is 640. The first-order chi connectivity index (χ1) is 9.52. The van der Waals surface area contributed by atoms with Gasteiger partial charge in [-0.2, -0.15) is 0 Å². The Kier molecular flexibility index (Phi) is 5.43. The fourth-order valence-electron chi connectivity index (χ4n) is 1.86. The lowest BCUT2D eigenvalue weighted by molar-refractivity contribution is 0.630. The normalized spacial score (nSPS) is 11.0. The summed E-state index contributed by atoms with van der Waals surface area (Å²) in [7, 11) is 0. The van der Waals surface area contributed by atoms with Crippen molar-refractivity contribution in [1.82, 2.24) is 9.97 Å². The van der Waals surface area contributed by atoms with Crippen LogP contribution in [-0.4, -0.2) is 9.97 Å². The molecule has 0 saturated heterocycles. The monoisotopic (exact) mass is 352 g/mol. The van der Waals surface area contributed by atoms with Gasteiger partial charge >= 0.3 is 0 Å². The van der Waals surface area contributed by atoms with Gasteiger partial charge < -0.3 is 4.98 Å². The number of H-pyrrole nitrogens is 1. The molecule has 0 saturated carbocycles. The largest absolute Gasteiger partial charge is 0.310 e. The highest BCUT2D eigenvalue weighted by Crippen LogP contribution is 2.24. The van der Waals surface area contributed by atoms with Crippen LogP contribution in [0.4, 0.5) is 0 Å². The predicted octanol–water partition coefficient (Wildman–Crippen LogP) is 4.02. The topological polar surface area (TPSA) is 45.8 Å². The van der Waals surface area contributed by atoms with E-state index in [0.29, 0.717) is 11.7 Å². The third-order valence-corrected chi connectivity index (χ3v) is 4.13. The van der Waals surface area contributed by atoms with Crippen molar-refractivity contribution in [3.63, 3.8) is 0 Å². The first kappa shape index (κ1) is 15.3. The molecule has 0 radical (unpaired) electrons. The van der Waals surface area contributed by atoms with Crippen LogP contribution in [0, 0.1) is 5.92 Å². The number of thioether (sulfide) groups is 1. The van der Waals surface area contributed by atoms with Crippen molar-refractivity contribution < 1.29 is 0 Å². The molecule has 0 fully saturated rings. The molecule has 0 unspecified atom stereocenters. The average molecular weight is 353 g/mol. The maximum absolute atomic E-state index is 11.6. The van der Waals surface area contributed by atoms with Crippen LogP contribution >= 0.6 is 27.7 Å². The van der Waals surface area contributed by atoms with Crippen LogP contribution in [0.5, 0.6) is 0 Å². The Morgan fingerprint density at radius 3 is 2.85 bits per heavy atom. The Morgan fingerprint density at radius 2 is 2.15 bits per heavy atom. The number of nitrogens with zero attached hydrogens (tertiary/aromatic N) is 1. The Labute approximate surface area is 131 Å². The van der Waals surface area contributed by atoms with Crippen molar-refractivity contribution in [2.24, 2.45) is 5.92 Å². The first-order valence-corrected chi connectivity index (χ1v) is 8.28. The van der Waals surface area contributed by atoms with Gasteiger partial charge in [-0.15, -0.1) is 11.8 Å². The summed E-state index contributed by atoms with van der Waals surface area (Å²) in [5, 5.41) is 0. The van der Waals surface area contributed by atoms with Crippen LogP contribution in [0.1, 0.15) is 25.4 Å². The van der Waals surface area contributed by atoms with E-state index in [1.165, 1.54) is 0 Å². The summed E-state index contributed by atoms with van der Waals surface area (Å²) in [5.74, 6) is 1.89. The average Bonchev–Trinajstić information content (AvgIpc) is 2.35. The van der Waals surface area contributed by atoms with E-state index in [2.05, 4.69) is 45.8 Å². The van der Waals surface area contributed by atoms with Crippen molar-refractivity contribution in [2.75, 3.05) is 0 Å². The van der Waals surface area contributed by atoms with Gasteiger partial charge in [-0.05, 0) is 30.5 Å². The lowest BCUT2D eigenvalue weighted by Gasteiger charge is -2.06. The summed E-state index contributed by atoms with van der Waals surface area (Å²) in [6.07, 6.45) is 0.832. The number of aromatic nitrogens is 2. The second kappa shape index (κ2) is 7.09. The summed E-state index contributed by atoms with van der Waals surface area (Å²) in [6.45, 7) is 4.25. The molecule has 3 nitrogen and oxygen atoms in total. The Hall–Kier alpha value is -1.07. The smallest absolute Gasteiger partial charge is 0.251 e. The zero-order valence-corrected chi connectivity index (χ0v) is 13.9. The molecule has 2 rings (SSSR count). The molecular formula is C15H17BrN2OS. The highest BCUT2D eigenvalue weighted by molar-refractivity contribution is 9.10. The minimum Gasteiger partial charge on any atom is -0.310 e. The van der Waals surface area contributed by atoms with Crippen LogP contribution in [0.2, 0.25) is 0 Å². The van der Waals surface area contributed by atoms with E-state index in [1.807, 2.05) is 18.2 Å². The third-order valence-electron chi connectivity index (χ3n) is 2.63. The molecule has 0 aliphatic carbocycles. The van der Waals surface area contributed by atoms with Gasteiger partial charge in [0.1, 0.15) is 5.82 Å². The second-order valence-corrected chi connectivity index (χ2v) is 6.99. The van der Waals surface area contributed by atoms with E-state index in [0.717, 1.165) is 27.3 Å². The summed E-state index contributed by atoms with van der Waals surface area (Å²) >= 11 is 5.11. The summed E-state index contributed by atoms with van der Waals surface area (Å²) in [4.78, 5) is 20.1. The molecule has 1 N–H and O–H groups in total. The molecular weight excluding hydrogens is 336 g/mol. The van der Waals surface area contributed by atoms with Crippen molar-refractivity contribution in [1.29, 1.82) is 0 Å². The van der Waals surface area contributed by atoms with Crippen molar-refractivity contribution in [2.45, 2.75) is 30.9 Å². The molecule has 2 aromatic rings. The van der Waals surface area contributed by atoms with Crippen LogP contribution in [0.15, 0.2) is 44.5 Å². The molecule has 0 bridgehead atoms. The standard InChI is InChI=1S/C15H17BrN2OS/c1-10(2)6-12-8-15(19)18-14(17-12)9-20-13-5-3-4-11(16)7-13/h3-5,7-8,10H,6,9H2,1-2H3,(H,17,18,19).